The van der Waals surface area contributed by atoms with Crippen LogP contribution < -0.4 is 0 Å². The van der Waals surface area contributed by atoms with Crippen LogP contribution in [0.25, 0.3) is 11.0 Å². The summed E-state index contributed by atoms with van der Waals surface area (Å²) in [6, 6.07) is 5.30. The summed E-state index contributed by atoms with van der Waals surface area (Å²) in [6.45, 7) is 0.796. The van der Waals surface area contributed by atoms with Crippen LogP contribution >= 0.6 is 0 Å². The summed E-state index contributed by atoms with van der Waals surface area (Å²) in [5.41, 5.74) is 0.808. The van der Waals surface area contributed by atoms with Crippen LogP contribution in [0, 0.1) is 11.8 Å². The Morgan fingerprint density at radius 1 is 1.25 bits per heavy atom. The van der Waals surface area contributed by atoms with Gasteiger partial charge in [-0.25, -0.2) is 0 Å². The Hall–Kier alpha value is -2.90. The lowest BCUT2D eigenvalue weighted by Crippen LogP contribution is -2.42. The Labute approximate surface area is 158 Å². The molecule has 1 fully saturated rings. The summed E-state index contributed by atoms with van der Waals surface area (Å²) in [4.78, 5) is 33.9. The Morgan fingerprint density at radius 2 is 2.00 bits per heavy atom. The fraction of sp³-hybridized carbons (Fsp3) is 0.350. The number of halogens is 3. The summed E-state index contributed by atoms with van der Waals surface area (Å²) < 4.78 is 39.0. The molecule has 1 unspecified atom stereocenters. The van der Waals surface area contributed by atoms with Crippen molar-refractivity contribution < 1.29 is 22.8 Å². The van der Waals surface area contributed by atoms with Gasteiger partial charge in [0, 0.05) is 25.2 Å². The number of likely N-dealkylation sites (tertiary alicyclic amines) is 1. The van der Waals surface area contributed by atoms with Crippen molar-refractivity contribution in [1.82, 2.24) is 14.9 Å². The molecule has 0 aromatic carbocycles. The molecule has 0 spiro atoms. The van der Waals surface area contributed by atoms with E-state index in [1.165, 1.54) is 6.08 Å². The van der Waals surface area contributed by atoms with Crippen LogP contribution in [0.1, 0.15) is 23.3 Å². The van der Waals surface area contributed by atoms with Gasteiger partial charge in [-0.2, -0.15) is 13.2 Å². The molecule has 1 aliphatic carbocycles. The number of allylic oxidation sites excluding steroid dienone is 4. The first kappa shape index (κ1) is 18.5. The number of pyridine rings is 1. The zero-order chi connectivity index (χ0) is 19.9. The van der Waals surface area contributed by atoms with Crippen molar-refractivity contribution in [1.29, 1.82) is 0 Å². The number of amides is 1. The van der Waals surface area contributed by atoms with Gasteiger partial charge in [-0.1, -0.05) is 12.2 Å². The van der Waals surface area contributed by atoms with Gasteiger partial charge >= 0.3 is 6.18 Å². The van der Waals surface area contributed by atoms with Gasteiger partial charge in [0.05, 0.1) is 16.6 Å². The van der Waals surface area contributed by atoms with E-state index in [0.717, 1.165) is 11.6 Å². The molecule has 0 bridgehead atoms. The molecular formula is C20H18F3N3O2. The molecule has 3 heterocycles. The molecule has 0 radical (unpaired) electrons. The molecule has 1 aliphatic heterocycles. The van der Waals surface area contributed by atoms with Crippen molar-refractivity contribution in [2.75, 3.05) is 13.1 Å². The van der Waals surface area contributed by atoms with Crippen LogP contribution in [-0.4, -0.2) is 45.8 Å². The summed E-state index contributed by atoms with van der Waals surface area (Å²) in [6.07, 6.45) is 1.66. The van der Waals surface area contributed by atoms with Crippen molar-refractivity contribution in [2.45, 2.75) is 19.0 Å². The molecule has 1 atom stereocenters. The van der Waals surface area contributed by atoms with Crippen LogP contribution in [0.15, 0.2) is 48.2 Å². The average Bonchev–Trinajstić information content (AvgIpc) is 3.11. The lowest BCUT2D eigenvalue weighted by Gasteiger charge is -2.35. The molecule has 2 aliphatic rings. The molecule has 28 heavy (non-hydrogen) atoms. The van der Waals surface area contributed by atoms with Crippen molar-refractivity contribution in [3.05, 3.63) is 53.9 Å². The van der Waals surface area contributed by atoms with E-state index in [2.05, 4.69) is 9.97 Å². The molecule has 146 valence electrons. The smallest absolute Gasteiger partial charge is 0.349 e. The Balaban J connectivity index is 1.42. The number of nitrogens with zero attached hydrogens (tertiary/aromatic N) is 2. The minimum atomic E-state index is -4.64. The highest BCUT2D eigenvalue weighted by Crippen LogP contribution is 2.36. The van der Waals surface area contributed by atoms with Gasteiger partial charge in [0.25, 0.3) is 5.91 Å². The maximum atomic E-state index is 13.0. The molecule has 4 rings (SSSR count). The fourth-order valence-electron chi connectivity index (χ4n) is 3.93. The van der Waals surface area contributed by atoms with Crippen LogP contribution in [-0.2, 0) is 4.79 Å². The van der Waals surface area contributed by atoms with Crippen molar-refractivity contribution in [3.63, 3.8) is 0 Å². The molecule has 1 N–H and O–H groups in total. The van der Waals surface area contributed by atoms with E-state index in [1.807, 2.05) is 6.07 Å². The highest BCUT2D eigenvalue weighted by molar-refractivity contribution is 6.01. The van der Waals surface area contributed by atoms with Gasteiger partial charge < -0.3 is 9.88 Å². The van der Waals surface area contributed by atoms with Gasteiger partial charge in [-0.05, 0) is 43.0 Å². The topological polar surface area (TPSA) is 66.1 Å². The first-order valence-electron chi connectivity index (χ1n) is 9.07. The number of carbonyl (C=O) groups is 2. The van der Waals surface area contributed by atoms with E-state index in [9.17, 15) is 22.8 Å². The van der Waals surface area contributed by atoms with Crippen molar-refractivity contribution in [3.8, 4) is 0 Å². The van der Waals surface area contributed by atoms with E-state index in [1.54, 1.807) is 29.3 Å². The third kappa shape index (κ3) is 3.34. The number of fused-ring (bicyclic) bond motifs is 1. The second kappa shape index (κ2) is 6.92. The second-order valence-electron chi connectivity index (χ2n) is 7.10. The van der Waals surface area contributed by atoms with Gasteiger partial charge in [0.1, 0.15) is 5.69 Å². The number of aromatic nitrogens is 2. The number of H-pyrrole nitrogens is 1. The zero-order valence-corrected chi connectivity index (χ0v) is 14.9. The minimum absolute atomic E-state index is 0.169. The van der Waals surface area contributed by atoms with E-state index in [4.69, 9.17) is 0 Å². The number of nitrogens with one attached hydrogen (secondary N) is 1. The summed E-state index contributed by atoms with van der Waals surface area (Å²) >= 11 is 0. The molecule has 2 aromatic rings. The Kier molecular flexibility index (Phi) is 4.56. The van der Waals surface area contributed by atoms with Gasteiger partial charge in [-0.15, -0.1) is 0 Å². The van der Waals surface area contributed by atoms with Gasteiger partial charge in [0.2, 0.25) is 0 Å². The van der Waals surface area contributed by atoms with Crippen molar-refractivity contribution >= 4 is 22.7 Å². The van der Waals surface area contributed by atoms with Crippen molar-refractivity contribution in [2.24, 2.45) is 11.8 Å². The fourth-order valence-corrected chi connectivity index (χ4v) is 3.93. The predicted octanol–water partition coefficient (Wildman–Crippen LogP) is 3.66. The maximum absolute atomic E-state index is 13.0. The number of hydrogen-bond donors (Lipinski definition) is 1. The third-order valence-corrected chi connectivity index (χ3v) is 5.41. The van der Waals surface area contributed by atoms with Crippen LogP contribution in [0.3, 0.4) is 0 Å². The highest BCUT2D eigenvalue weighted by Gasteiger charge is 2.43. The maximum Gasteiger partial charge on any atom is 0.419 e. The molecule has 1 saturated heterocycles. The zero-order valence-electron chi connectivity index (χ0n) is 14.9. The molecule has 5 nitrogen and oxygen atoms in total. The van der Waals surface area contributed by atoms with Crippen LogP contribution in [0.4, 0.5) is 13.2 Å². The number of aromatic amines is 1. The van der Waals surface area contributed by atoms with Gasteiger partial charge in [0.15, 0.2) is 5.78 Å². The van der Waals surface area contributed by atoms with E-state index < -0.39 is 23.5 Å². The molecule has 8 heteroatoms. The van der Waals surface area contributed by atoms with E-state index >= 15 is 0 Å². The molecule has 1 amide bonds. The lowest BCUT2D eigenvalue weighted by molar-refractivity contribution is -0.132. The number of rotatable bonds is 2. The van der Waals surface area contributed by atoms with E-state index in [-0.39, 0.29) is 11.8 Å². The van der Waals surface area contributed by atoms with Gasteiger partial charge in [-0.3, -0.25) is 14.6 Å². The summed E-state index contributed by atoms with van der Waals surface area (Å²) in [7, 11) is 0. The lowest BCUT2D eigenvalue weighted by atomic mass is 9.77. The largest absolute Gasteiger partial charge is 0.419 e. The quantitative estimate of drug-likeness (QED) is 0.853. The first-order valence-corrected chi connectivity index (χ1v) is 9.07. The average molecular weight is 389 g/mol. The summed E-state index contributed by atoms with van der Waals surface area (Å²) in [5.74, 6) is -2.03. The van der Waals surface area contributed by atoms with Crippen LogP contribution in [0.2, 0.25) is 0 Å². The second-order valence-corrected chi connectivity index (χ2v) is 7.10. The van der Waals surface area contributed by atoms with E-state index in [0.29, 0.717) is 37.1 Å². The third-order valence-electron chi connectivity index (χ3n) is 5.41. The number of hydrogen-bond acceptors (Lipinski definition) is 3. The molecule has 0 saturated carbocycles. The number of carbonyl (C=O) groups excluding carboxylic acids is 2. The Morgan fingerprint density at radius 3 is 2.68 bits per heavy atom. The minimum Gasteiger partial charge on any atom is -0.349 e. The molecule has 2 aromatic heterocycles. The normalized spacial score (nSPS) is 21.2. The number of alkyl halides is 3. The number of piperidine rings is 1. The predicted molar refractivity (Wildman–Crippen MR) is 96.5 cm³/mol. The number of ketones is 1. The molecular weight excluding hydrogens is 371 g/mol. The summed E-state index contributed by atoms with van der Waals surface area (Å²) in [5, 5.41) is 0. The Bertz CT molecular complexity index is 949. The highest BCUT2D eigenvalue weighted by atomic mass is 19.4. The SMILES string of the molecule is O=C1C(C(F)(F)F)=CC=CC1C1CCN(C(=O)c2cc3ncccc3[nH]2)CC1. The first-order chi connectivity index (χ1) is 13.3. The standard InChI is InChI=1S/C20H18F3N3O2/c21-20(22,23)14-4-1-3-13(18(14)27)12-6-9-26(10-7-12)19(28)17-11-16-15(25-17)5-2-8-24-16/h1-5,8,11-13,25H,6-7,9-10H2. The monoisotopic (exact) mass is 389 g/mol. The number of Topliss-reactive ketones (excluding diaryl/α,β-unsaturated/α-hetero) is 1. The van der Waals surface area contributed by atoms with Crippen LogP contribution in [0.5, 0.6) is 0 Å².